The van der Waals surface area contributed by atoms with Gasteiger partial charge in [-0.15, -0.1) is 0 Å². The molecule has 0 aliphatic carbocycles. The van der Waals surface area contributed by atoms with E-state index in [1.165, 1.54) is 13.1 Å². The van der Waals surface area contributed by atoms with Crippen LogP contribution in [-0.4, -0.2) is 27.4 Å². The van der Waals surface area contributed by atoms with Crippen molar-refractivity contribution < 1.29 is 14.2 Å². The first-order chi connectivity index (χ1) is 7.99. The van der Waals surface area contributed by atoms with Crippen molar-refractivity contribution in [2.24, 2.45) is 0 Å². The Labute approximate surface area is 95.0 Å². The number of nitrogens with zero attached hydrogens (tertiary/aromatic N) is 1. The van der Waals surface area contributed by atoms with Gasteiger partial charge in [-0.3, -0.25) is 14.3 Å². The molecule has 0 fully saturated rings. The predicted octanol–water partition coefficient (Wildman–Crippen LogP) is -0.412. The van der Waals surface area contributed by atoms with E-state index in [1.807, 2.05) is 0 Å². The molecule has 2 N–H and O–H groups in total. The molecule has 0 unspecified atom stereocenters. The minimum atomic E-state index is -1.30. The van der Waals surface area contributed by atoms with Gasteiger partial charge in [-0.25, -0.2) is 9.18 Å². The zero-order valence-electron chi connectivity index (χ0n) is 9.01. The van der Waals surface area contributed by atoms with Gasteiger partial charge in [-0.2, -0.15) is 0 Å². The van der Waals surface area contributed by atoms with E-state index in [2.05, 4.69) is 4.98 Å². The van der Waals surface area contributed by atoms with Crippen LogP contribution in [0.3, 0.4) is 0 Å². The number of rotatable bonds is 1. The minimum Gasteiger partial charge on any atom is -0.384 e. The fourth-order valence-electron chi connectivity index (χ4n) is 1.50. The number of hydrogen-bond acceptors (Lipinski definition) is 4. The van der Waals surface area contributed by atoms with Gasteiger partial charge in [-0.1, -0.05) is 0 Å². The molecule has 2 atom stereocenters. The number of halogens is 1. The van der Waals surface area contributed by atoms with Gasteiger partial charge < -0.3 is 9.84 Å². The molecule has 17 heavy (non-hydrogen) atoms. The highest BCUT2D eigenvalue weighted by atomic mass is 19.1. The van der Waals surface area contributed by atoms with E-state index in [-0.39, 0.29) is 6.61 Å². The molecule has 0 aromatic carbocycles. The van der Waals surface area contributed by atoms with E-state index in [0.717, 1.165) is 10.6 Å². The SMILES string of the molecule is Cc1cn([C@@H]2C=C(F)[C@@H](O)CO2)c(=O)[nH]c1=O. The first-order valence-electron chi connectivity index (χ1n) is 4.98. The van der Waals surface area contributed by atoms with Crippen LogP contribution in [0.15, 0.2) is 27.7 Å². The molecule has 1 aliphatic rings. The Morgan fingerprint density at radius 2 is 2.29 bits per heavy atom. The summed E-state index contributed by atoms with van der Waals surface area (Å²) >= 11 is 0. The first kappa shape index (κ1) is 11.7. The summed E-state index contributed by atoms with van der Waals surface area (Å²) in [6, 6.07) is 0. The highest BCUT2D eigenvalue weighted by molar-refractivity contribution is 5.08. The summed E-state index contributed by atoms with van der Waals surface area (Å²) in [5.74, 6) is -0.753. The molecule has 1 aromatic heterocycles. The predicted molar refractivity (Wildman–Crippen MR) is 56.2 cm³/mol. The molecule has 92 valence electrons. The standard InChI is InChI=1S/C10H11FN2O4/c1-5-3-13(10(16)12-9(5)15)8-2-6(11)7(14)4-17-8/h2-3,7-8,14H,4H2,1H3,(H,12,15,16)/t7-,8-/m0/s1. The largest absolute Gasteiger partial charge is 0.384 e. The molecule has 2 rings (SSSR count). The van der Waals surface area contributed by atoms with Gasteiger partial charge in [0.15, 0.2) is 6.23 Å². The number of ether oxygens (including phenoxy) is 1. The van der Waals surface area contributed by atoms with Crippen LogP contribution < -0.4 is 11.2 Å². The van der Waals surface area contributed by atoms with Crippen LogP contribution in [0, 0.1) is 6.92 Å². The molecule has 0 bridgehead atoms. The Hall–Kier alpha value is -1.73. The van der Waals surface area contributed by atoms with Crippen molar-refractivity contribution in [1.29, 1.82) is 0 Å². The van der Waals surface area contributed by atoms with Crippen LogP contribution in [0.5, 0.6) is 0 Å². The van der Waals surface area contributed by atoms with Crippen LogP contribution in [0.2, 0.25) is 0 Å². The Bertz CT molecular complexity index is 574. The number of H-pyrrole nitrogens is 1. The maximum absolute atomic E-state index is 13.2. The van der Waals surface area contributed by atoms with Crippen LogP contribution in [0.1, 0.15) is 11.8 Å². The summed E-state index contributed by atoms with van der Waals surface area (Å²) in [6.45, 7) is 1.28. The monoisotopic (exact) mass is 242 g/mol. The van der Waals surface area contributed by atoms with Crippen molar-refractivity contribution in [2.75, 3.05) is 6.61 Å². The number of aromatic nitrogens is 2. The lowest BCUT2D eigenvalue weighted by Crippen LogP contribution is -2.36. The van der Waals surface area contributed by atoms with Crippen LogP contribution in [0.25, 0.3) is 0 Å². The number of hydrogen-bond donors (Lipinski definition) is 2. The topological polar surface area (TPSA) is 84.3 Å². The fourth-order valence-corrected chi connectivity index (χ4v) is 1.50. The van der Waals surface area contributed by atoms with Gasteiger partial charge in [0.25, 0.3) is 5.56 Å². The van der Waals surface area contributed by atoms with Crippen LogP contribution in [0.4, 0.5) is 4.39 Å². The molecule has 0 radical (unpaired) electrons. The smallest absolute Gasteiger partial charge is 0.330 e. The zero-order valence-corrected chi connectivity index (χ0v) is 9.01. The van der Waals surface area contributed by atoms with E-state index in [1.54, 1.807) is 0 Å². The lowest BCUT2D eigenvalue weighted by molar-refractivity contribution is -0.0346. The number of aromatic amines is 1. The average molecular weight is 242 g/mol. The normalized spacial score (nSPS) is 24.5. The summed E-state index contributed by atoms with van der Waals surface area (Å²) in [5.41, 5.74) is -0.870. The van der Waals surface area contributed by atoms with Crippen molar-refractivity contribution in [1.82, 2.24) is 9.55 Å². The van der Waals surface area contributed by atoms with Gasteiger partial charge in [0.2, 0.25) is 0 Å². The molecule has 1 aromatic rings. The second kappa shape index (κ2) is 4.27. The molecule has 0 saturated heterocycles. The minimum absolute atomic E-state index is 0.238. The molecule has 0 amide bonds. The Morgan fingerprint density at radius 3 is 2.94 bits per heavy atom. The number of nitrogens with one attached hydrogen (secondary N) is 1. The maximum Gasteiger partial charge on any atom is 0.330 e. The zero-order chi connectivity index (χ0) is 12.6. The fraction of sp³-hybridized carbons (Fsp3) is 0.400. The third kappa shape index (κ3) is 2.20. The lowest BCUT2D eigenvalue weighted by Gasteiger charge is -2.23. The van der Waals surface area contributed by atoms with Crippen molar-refractivity contribution in [2.45, 2.75) is 19.3 Å². The summed E-state index contributed by atoms with van der Waals surface area (Å²) in [7, 11) is 0. The number of aliphatic hydroxyl groups excluding tert-OH is 1. The van der Waals surface area contributed by atoms with Crippen LogP contribution in [-0.2, 0) is 4.74 Å². The average Bonchev–Trinajstić information content (AvgIpc) is 2.27. The van der Waals surface area contributed by atoms with Crippen molar-refractivity contribution in [3.05, 3.63) is 44.5 Å². The third-order valence-electron chi connectivity index (χ3n) is 2.47. The van der Waals surface area contributed by atoms with E-state index in [0.29, 0.717) is 5.56 Å². The molecule has 1 aliphatic heterocycles. The van der Waals surface area contributed by atoms with E-state index in [9.17, 15) is 14.0 Å². The second-order valence-electron chi connectivity index (χ2n) is 3.77. The van der Waals surface area contributed by atoms with E-state index < -0.39 is 29.4 Å². The quantitative estimate of drug-likeness (QED) is 0.701. The number of aliphatic hydroxyl groups is 1. The lowest BCUT2D eigenvalue weighted by atomic mass is 10.2. The number of aryl methyl sites for hydroxylation is 1. The van der Waals surface area contributed by atoms with Crippen molar-refractivity contribution in [3.63, 3.8) is 0 Å². The Balaban J connectivity index is 2.46. The van der Waals surface area contributed by atoms with Gasteiger partial charge in [0.05, 0.1) is 6.61 Å². The summed E-state index contributed by atoms with van der Waals surface area (Å²) in [4.78, 5) is 24.7. The summed E-state index contributed by atoms with van der Waals surface area (Å²) in [5, 5.41) is 9.10. The Morgan fingerprint density at radius 1 is 1.59 bits per heavy atom. The van der Waals surface area contributed by atoms with Gasteiger partial charge >= 0.3 is 5.69 Å². The second-order valence-corrected chi connectivity index (χ2v) is 3.77. The molecular formula is C10H11FN2O4. The highest BCUT2D eigenvalue weighted by Crippen LogP contribution is 2.20. The van der Waals surface area contributed by atoms with E-state index >= 15 is 0 Å². The molecule has 0 spiro atoms. The molecule has 7 heteroatoms. The van der Waals surface area contributed by atoms with Crippen molar-refractivity contribution in [3.8, 4) is 0 Å². The molecule has 0 saturated carbocycles. The Kier molecular flexibility index (Phi) is 2.95. The molecule has 2 heterocycles. The molecular weight excluding hydrogens is 231 g/mol. The van der Waals surface area contributed by atoms with Crippen LogP contribution >= 0.6 is 0 Å². The van der Waals surface area contributed by atoms with Crippen molar-refractivity contribution >= 4 is 0 Å². The summed E-state index contributed by atoms with van der Waals surface area (Å²) in [6.07, 6.45) is 0.0212. The highest BCUT2D eigenvalue weighted by Gasteiger charge is 2.23. The van der Waals surface area contributed by atoms with E-state index in [4.69, 9.17) is 9.84 Å². The van der Waals surface area contributed by atoms with Gasteiger partial charge in [-0.05, 0) is 13.0 Å². The first-order valence-corrected chi connectivity index (χ1v) is 4.98. The maximum atomic E-state index is 13.2. The summed E-state index contributed by atoms with van der Waals surface area (Å²) < 4.78 is 19.3. The molecule has 6 nitrogen and oxygen atoms in total. The van der Waals surface area contributed by atoms with Gasteiger partial charge in [0.1, 0.15) is 11.9 Å². The third-order valence-corrected chi connectivity index (χ3v) is 2.47. The van der Waals surface area contributed by atoms with Gasteiger partial charge in [0, 0.05) is 11.8 Å².